The van der Waals surface area contributed by atoms with E-state index in [4.69, 9.17) is 29.4 Å². The Morgan fingerprint density at radius 3 is 2.06 bits per heavy atom. The Hall–Kier alpha value is -2.77. The van der Waals surface area contributed by atoms with Gasteiger partial charge in [0, 0.05) is 40.8 Å². The van der Waals surface area contributed by atoms with Crippen LogP contribution in [0.25, 0.3) is 0 Å². The van der Waals surface area contributed by atoms with Gasteiger partial charge in [0.05, 0.1) is 6.54 Å². The van der Waals surface area contributed by atoms with Gasteiger partial charge in [-0.3, -0.25) is 24.0 Å². The first-order valence-corrected chi connectivity index (χ1v) is 11.5. The van der Waals surface area contributed by atoms with Crippen LogP contribution in [0.15, 0.2) is 0 Å². The molecule has 0 aromatic carbocycles. The lowest BCUT2D eigenvalue weighted by molar-refractivity contribution is -0.277. The maximum atomic E-state index is 11.9. The molecule has 1 heterocycles. The first kappa shape index (κ1) is 30.3. The monoisotopic (exact) mass is 503 g/mol. The molecule has 0 radical (unpaired) electrons. The van der Waals surface area contributed by atoms with Gasteiger partial charge in [-0.25, -0.2) is 0 Å². The standard InChI is InChI=1S/C22H37N3O10/c1-13(26)25-19-21(34-16(4)29)20(33-15(3)28)17(12-32-14(2)27)35-22(19)31-10-8-6-5-7-9-24-18(30)11-23/h17,19-22H,5-12,23H2,1-4H3,(H,24,30)(H,25,26)/t17-,19-,20+,21-,22-/m1/s1. The van der Waals surface area contributed by atoms with Crippen molar-refractivity contribution in [1.29, 1.82) is 0 Å². The van der Waals surface area contributed by atoms with Crippen molar-refractivity contribution >= 4 is 29.7 Å². The predicted octanol–water partition coefficient (Wildman–Crippen LogP) is -0.706. The van der Waals surface area contributed by atoms with E-state index in [0.29, 0.717) is 13.0 Å². The number of hydrogen-bond donors (Lipinski definition) is 3. The molecule has 4 N–H and O–H groups in total. The number of amides is 2. The summed E-state index contributed by atoms with van der Waals surface area (Å²) in [5, 5.41) is 5.34. The number of unbranched alkanes of at least 4 members (excludes halogenated alkanes) is 3. The lowest BCUT2D eigenvalue weighted by atomic mass is 9.96. The van der Waals surface area contributed by atoms with Crippen molar-refractivity contribution in [1.82, 2.24) is 10.6 Å². The highest BCUT2D eigenvalue weighted by atomic mass is 16.7. The van der Waals surface area contributed by atoms with Gasteiger partial charge < -0.3 is 40.1 Å². The number of nitrogens with two attached hydrogens (primary N) is 1. The Balaban J connectivity index is 2.87. The van der Waals surface area contributed by atoms with E-state index < -0.39 is 54.5 Å². The van der Waals surface area contributed by atoms with Crippen molar-refractivity contribution in [3.63, 3.8) is 0 Å². The second-order valence-corrected chi connectivity index (χ2v) is 8.06. The molecule has 5 atom stereocenters. The largest absolute Gasteiger partial charge is 0.463 e. The second kappa shape index (κ2) is 16.0. The highest BCUT2D eigenvalue weighted by Crippen LogP contribution is 2.28. The zero-order chi connectivity index (χ0) is 26.4. The Morgan fingerprint density at radius 2 is 1.49 bits per heavy atom. The molecule has 1 saturated heterocycles. The molecule has 200 valence electrons. The molecule has 0 aromatic rings. The SMILES string of the molecule is CC(=O)N[C@H]1[C@H](OCCCCCCNC(=O)CN)O[C@H](COC(C)=O)[C@H](OC(C)=O)[C@@H]1OC(C)=O. The van der Waals surface area contributed by atoms with Crippen molar-refractivity contribution in [3.05, 3.63) is 0 Å². The molecular weight excluding hydrogens is 466 g/mol. The first-order valence-electron chi connectivity index (χ1n) is 11.5. The summed E-state index contributed by atoms with van der Waals surface area (Å²) in [7, 11) is 0. The quantitative estimate of drug-likeness (QED) is 0.155. The van der Waals surface area contributed by atoms with Gasteiger partial charge in [-0.15, -0.1) is 0 Å². The molecule has 1 rings (SSSR count). The van der Waals surface area contributed by atoms with Crippen LogP contribution in [0.2, 0.25) is 0 Å². The summed E-state index contributed by atoms with van der Waals surface area (Å²) in [6.07, 6.45) is -1.30. The molecule has 1 aliphatic heterocycles. The molecular formula is C22H37N3O10. The van der Waals surface area contributed by atoms with E-state index in [1.54, 1.807) is 0 Å². The van der Waals surface area contributed by atoms with Crippen LogP contribution in [-0.4, -0.2) is 86.7 Å². The number of ether oxygens (including phenoxy) is 5. The molecule has 1 aliphatic rings. The number of hydrogen-bond acceptors (Lipinski definition) is 11. The topological polar surface area (TPSA) is 182 Å². The minimum atomic E-state index is -1.16. The maximum Gasteiger partial charge on any atom is 0.303 e. The highest BCUT2D eigenvalue weighted by Gasteiger charge is 2.51. The number of rotatable bonds is 14. The summed E-state index contributed by atoms with van der Waals surface area (Å²) < 4.78 is 27.6. The van der Waals surface area contributed by atoms with Crippen LogP contribution in [0.5, 0.6) is 0 Å². The minimum absolute atomic E-state index is 0.0458. The van der Waals surface area contributed by atoms with Gasteiger partial charge in [-0.05, 0) is 12.8 Å². The van der Waals surface area contributed by atoms with Crippen LogP contribution in [0.1, 0.15) is 53.4 Å². The van der Waals surface area contributed by atoms with Gasteiger partial charge in [0.25, 0.3) is 0 Å². The van der Waals surface area contributed by atoms with Crippen molar-refractivity contribution in [2.75, 3.05) is 26.3 Å². The summed E-state index contributed by atoms with van der Waals surface area (Å²) in [5.41, 5.74) is 5.23. The van der Waals surface area contributed by atoms with Crippen molar-refractivity contribution < 1.29 is 47.7 Å². The molecule has 0 aromatic heterocycles. The minimum Gasteiger partial charge on any atom is -0.463 e. The molecule has 1 fully saturated rings. The number of carbonyl (C=O) groups is 5. The summed E-state index contributed by atoms with van der Waals surface area (Å²) in [6.45, 7) is 5.29. The van der Waals surface area contributed by atoms with E-state index in [1.807, 2.05) is 0 Å². The van der Waals surface area contributed by atoms with E-state index >= 15 is 0 Å². The zero-order valence-electron chi connectivity index (χ0n) is 20.7. The molecule has 0 bridgehead atoms. The van der Waals surface area contributed by atoms with Gasteiger partial charge in [-0.1, -0.05) is 12.8 Å². The van der Waals surface area contributed by atoms with E-state index in [-0.39, 0.29) is 25.7 Å². The third-order valence-electron chi connectivity index (χ3n) is 4.93. The van der Waals surface area contributed by atoms with Crippen LogP contribution in [0.3, 0.4) is 0 Å². The molecule has 13 nitrogen and oxygen atoms in total. The molecule has 0 saturated carbocycles. The van der Waals surface area contributed by atoms with Gasteiger partial charge >= 0.3 is 17.9 Å². The summed E-state index contributed by atoms with van der Waals surface area (Å²) in [5.74, 6) is -2.57. The van der Waals surface area contributed by atoms with Gasteiger partial charge in [0.1, 0.15) is 18.8 Å². The van der Waals surface area contributed by atoms with E-state index in [9.17, 15) is 24.0 Å². The normalized spacial score (nSPS) is 23.6. The smallest absolute Gasteiger partial charge is 0.303 e. The Morgan fingerprint density at radius 1 is 0.857 bits per heavy atom. The Kier molecular flexibility index (Phi) is 13.8. The summed E-state index contributed by atoms with van der Waals surface area (Å²) >= 11 is 0. The van der Waals surface area contributed by atoms with E-state index in [2.05, 4.69) is 10.6 Å². The third kappa shape index (κ3) is 12.0. The lowest BCUT2D eigenvalue weighted by Gasteiger charge is -2.44. The fourth-order valence-electron chi connectivity index (χ4n) is 3.51. The van der Waals surface area contributed by atoms with Crippen molar-refractivity contribution in [3.8, 4) is 0 Å². The average Bonchev–Trinajstić information content (AvgIpc) is 2.76. The molecule has 35 heavy (non-hydrogen) atoms. The predicted molar refractivity (Wildman–Crippen MR) is 120 cm³/mol. The van der Waals surface area contributed by atoms with Gasteiger partial charge in [-0.2, -0.15) is 0 Å². The second-order valence-electron chi connectivity index (χ2n) is 8.06. The Labute approximate surface area is 204 Å². The molecule has 2 amide bonds. The fourth-order valence-corrected chi connectivity index (χ4v) is 3.51. The van der Waals surface area contributed by atoms with Crippen LogP contribution in [0.4, 0.5) is 0 Å². The van der Waals surface area contributed by atoms with E-state index in [1.165, 1.54) is 27.7 Å². The number of nitrogens with one attached hydrogen (secondary N) is 2. The van der Waals surface area contributed by atoms with Crippen molar-refractivity contribution in [2.45, 2.75) is 84.0 Å². The maximum absolute atomic E-state index is 11.9. The summed E-state index contributed by atoms with van der Waals surface area (Å²) in [4.78, 5) is 57.9. The number of esters is 3. The lowest BCUT2D eigenvalue weighted by Crippen LogP contribution is -2.66. The Bertz CT molecular complexity index is 732. The van der Waals surface area contributed by atoms with Crippen molar-refractivity contribution in [2.24, 2.45) is 5.73 Å². The van der Waals surface area contributed by atoms with Crippen LogP contribution < -0.4 is 16.4 Å². The molecule has 13 heteroatoms. The molecule has 0 spiro atoms. The zero-order valence-corrected chi connectivity index (χ0v) is 20.7. The van der Waals surface area contributed by atoms with Gasteiger partial charge in [0.15, 0.2) is 18.5 Å². The summed E-state index contributed by atoms with van der Waals surface area (Å²) in [6, 6.07) is -0.985. The average molecular weight is 504 g/mol. The molecule has 0 unspecified atom stereocenters. The molecule has 0 aliphatic carbocycles. The van der Waals surface area contributed by atoms with Crippen LogP contribution >= 0.6 is 0 Å². The highest BCUT2D eigenvalue weighted by molar-refractivity contribution is 5.77. The third-order valence-corrected chi connectivity index (χ3v) is 4.93. The number of carbonyl (C=O) groups excluding carboxylic acids is 5. The fraction of sp³-hybridized carbons (Fsp3) is 0.773. The van der Waals surface area contributed by atoms with E-state index in [0.717, 1.165) is 19.3 Å². The van der Waals surface area contributed by atoms with Crippen LogP contribution in [-0.2, 0) is 47.7 Å². The van der Waals surface area contributed by atoms with Gasteiger partial charge in [0.2, 0.25) is 11.8 Å². The first-order chi connectivity index (χ1) is 16.5. The van der Waals surface area contributed by atoms with Crippen LogP contribution in [0, 0.1) is 0 Å².